The van der Waals surface area contributed by atoms with Gasteiger partial charge < -0.3 is 5.73 Å². The van der Waals surface area contributed by atoms with E-state index in [4.69, 9.17) is 5.73 Å². The van der Waals surface area contributed by atoms with E-state index in [9.17, 15) is 0 Å². The van der Waals surface area contributed by atoms with Gasteiger partial charge >= 0.3 is 0 Å². The van der Waals surface area contributed by atoms with Gasteiger partial charge in [-0.3, -0.25) is 0 Å². The molecule has 1 aliphatic rings. The van der Waals surface area contributed by atoms with Gasteiger partial charge in [0, 0.05) is 4.88 Å². The molecule has 0 radical (unpaired) electrons. The zero-order valence-electron chi connectivity index (χ0n) is 8.92. The summed E-state index contributed by atoms with van der Waals surface area (Å²) in [5.41, 5.74) is 7.48. The molecule has 2 unspecified atom stereocenters. The molecule has 0 aliphatic heterocycles. The Labute approximate surface area is 89.7 Å². The highest BCUT2D eigenvalue weighted by molar-refractivity contribution is 7.06. The summed E-state index contributed by atoms with van der Waals surface area (Å²) in [5, 5.41) is 0. The van der Waals surface area contributed by atoms with Crippen LogP contribution in [-0.4, -0.2) is 4.37 Å². The summed E-state index contributed by atoms with van der Waals surface area (Å²) >= 11 is 1.58. The van der Waals surface area contributed by atoms with Crippen molar-refractivity contribution in [3.05, 3.63) is 16.6 Å². The molecule has 1 fully saturated rings. The molecule has 2 rings (SSSR count). The fourth-order valence-corrected chi connectivity index (χ4v) is 3.30. The third-order valence-corrected chi connectivity index (χ3v) is 4.25. The van der Waals surface area contributed by atoms with Gasteiger partial charge in [-0.2, -0.15) is 4.37 Å². The Balaban J connectivity index is 2.22. The van der Waals surface area contributed by atoms with Crippen molar-refractivity contribution in [1.82, 2.24) is 4.37 Å². The largest absolute Gasteiger partial charge is 0.321 e. The zero-order chi connectivity index (χ0) is 10.2. The first-order valence-corrected chi connectivity index (χ1v) is 6.10. The topological polar surface area (TPSA) is 38.9 Å². The summed E-state index contributed by atoms with van der Waals surface area (Å²) in [5.74, 6) is 0.760. The summed E-state index contributed by atoms with van der Waals surface area (Å²) in [4.78, 5) is 1.28. The number of hydrogen-bond acceptors (Lipinski definition) is 3. The van der Waals surface area contributed by atoms with Gasteiger partial charge in [-0.05, 0) is 43.3 Å². The molecule has 78 valence electrons. The van der Waals surface area contributed by atoms with Crippen molar-refractivity contribution in [3.8, 4) is 0 Å². The summed E-state index contributed by atoms with van der Waals surface area (Å²) in [6, 6.07) is 2.16. The van der Waals surface area contributed by atoms with Gasteiger partial charge in [0.15, 0.2) is 0 Å². The maximum Gasteiger partial charge on any atom is 0.0522 e. The third kappa shape index (κ3) is 1.84. The van der Waals surface area contributed by atoms with Crippen LogP contribution < -0.4 is 5.73 Å². The summed E-state index contributed by atoms with van der Waals surface area (Å²) in [6.07, 6.45) is 4.83. The average Bonchev–Trinajstić information content (AvgIpc) is 2.52. The first-order chi connectivity index (χ1) is 6.60. The van der Waals surface area contributed by atoms with Crippen LogP contribution in [0.2, 0.25) is 0 Å². The summed E-state index contributed by atoms with van der Waals surface area (Å²) in [6.45, 7) is 4.34. The molecule has 1 saturated carbocycles. The molecule has 0 saturated heterocycles. The van der Waals surface area contributed by atoms with Crippen molar-refractivity contribution in [2.75, 3.05) is 0 Å². The number of nitrogens with two attached hydrogens (primary N) is 1. The molecule has 0 spiro atoms. The van der Waals surface area contributed by atoms with Gasteiger partial charge in [0.05, 0.1) is 11.2 Å². The molecule has 1 aliphatic carbocycles. The first-order valence-electron chi connectivity index (χ1n) is 5.33. The molecule has 1 heterocycles. The molecule has 2 atom stereocenters. The Morgan fingerprint density at radius 2 is 2.43 bits per heavy atom. The van der Waals surface area contributed by atoms with Crippen LogP contribution in [0.4, 0.5) is 0 Å². The third-order valence-electron chi connectivity index (χ3n) is 3.15. The molecule has 2 N–H and O–H groups in total. The predicted molar refractivity (Wildman–Crippen MR) is 60.3 cm³/mol. The number of rotatable bonds is 1. The van der Waals surface area contributed by atoms with Gasteiger partial charge in [-0.15, -0.1) is 0 Å². The van der Waals surface area contributed by atoms with E-state index in [1.165, 1.54) is 17.7 Å². The second-order valence-electron chi connectivity index (χ2n) is 4.69. The second kappa shape index (κ2) is 3.63. The fourth-order valence-electron chi connectivity index (χ4n) is 2.41. The summed E-state index contributed by atoms with van der Waals surface area (Å²) in [7, 11) is 0. The van der Waals surface area contributed by atoms with Crippen LogP contribution in [0.3, 0.4) is 0 Å². The van der Waals surface area contributed by atoms with Crippen LogP contribution in [-0.2, 0) is 5.54 Å². The van der Waals surface area contributed by atoms with Gasteiger partial charge in [0.1, 0.15) is 0 Å². The Hall–Kier alpha value is -0.410. The lowest BCUT2D eigenvalue weighted by Gasteiger charge is -2.35. The molecule has 1 aromatic heterocycles. The predicted octanol–water partition coefficient (Wildman–Crippen LogP) is 2.82. The monoisotopic (exact) mass is 210 g/mol. The normalized spacial score (nSPS) is 33.2. The molecule has 0 amide bonds. The van der Waals surface area contributed by atoms with Crippen molar-refractivity contribution >= 4 is 11.5 Å². The SMILES string of the molecule is Cc1cc(C2(N)CCCC(C)C2)sn1. The van der Waals surface area contributed by atoms with Crippen LogP contribution in [0.15, 0.2) is 6.07 Å². The van der Waals surface area contributed by atoms with Crippen molar-refractivity contribution < 1.29 is 0 Å². The van der Waals surface area contributed by atoms with Crippen LogP contribution in [0.25, 0.3) is 0 Å². The molecular formula is C11H18N2S. The standard InChI is InChI=1S/C11H18N2S/c1-8-4-3-5-11(12,7-8)10-6-9(2)13-14-10/h6,8H,3-5,7,12H2,1-2H3. The highest BCUT2D eigenvalue weighted by atomic mass is 32.1. The minimum Gasteiger partial charge on any atom is -0.321 e. The Morgan fingerprint density at radius 1 is 1.64 bits per heavy atom. The van der Waals surface area contributed by atoms with E-state index >= 15 is 0 Å². The number of aromatic nitrogens is 1. The lowest BCUT2D eigenvalue weighted by Crippen LogP contribution is -2.40. The van der Waals surface area contributed by atoms with E-state index in [1.54, 1.807) is 11.5 Å². The molecule has 14 heavy (non-hydrogen) atoms. The highest BCUT2D eigenvalue weighted by Crippen LogP contribution is 2.39. The van der Waals surface area contributed by atoms with E-state index in [-0.39, 0.29) is 5.54 Å². The van der Waals surface area contributed by atoms with Gasteiger partial charge in [0.2, 0.25) is 0 Å². The van der Waals surface area contributed by atoms with Gasteiger partial charge in [0.25, 0.3) is 0 Å². The Morgan fingerprint density at radius 3 is 3.00 bits per heavy atom. The second-order valence-corrected chi connectivity index (χ2v) is 5.50. The number of hydrogen-bond donors (Lipinski definition) is 1. The van der Waals surface area contributed by atoms with E-state index in [2.05, 4.69) is 17.4 Å². The van der Waals surface area contributed by atoms with Crippen molar-refractivity contribution in [1.29, 1.82) is 0 Å². The number of nitrogens with zero attached hydrogens (tertiary/aromatic N) is 1. The smallest absolute Gasteiger partial charge is 0.0522 e. The molecular weight excluding hydrogens is 192 g/mol. The van der Waals surface area contributed by atoms with Gasteiger partial charge in [-0.1, -0.05) is 19.8 Å². The van der Waals surface area contributed by atoms with Crippen LogP contribution in [0, 0.1) is 12.8 Å². The van der Waals surface area contributed by atoms with Crippen molar-refractivity contribution in [2.45, 2.75) is 45.1 Å². The van der Waals surface area contributed by atoms with Gasteiger partial charge in [-0.25, -0.2) is 0 Å². The first kappa shape index (κ1) is 10.1. The van der Waals surface area contributed by atoms with Crippen molar-refractivity contribution in [3.63, 3.8) is 0 Å². The summed E-state index contributed by atoms with van der Waals surface area (Å²) < 4.78 is 4.32. The maximum absolute atomic E-state index is 6.45. The lowest BCUT2D eigenvalue weighted by atomic mass is 9.76. The van der Waals surface area contributed by atoms with Crippen LogP contribution >= 0.6 is 11.5 Å². The minimum absolute atomic E-state index is 0.0798. The zero-order valence-corrected chi connectivity index (χ0v) is 9.73. The minimum atomic E-state index is -0.0798. The van der Waals surface area contributed by atoms with E-state index in [0.29, 0.717) is 0 Å². The van der Waals surface area contributed by atoms with Crippen LogP contribution in [0.5, 0.6) is 0 Å². The average molecular weight is 210 g/mol. The number of aryl methyl sites for hydroxylation is 1. The van der Waals surface area contributed by atoms with E-state index in [1.807, 2.05) is 6.92 Å². The molecule has 2 nitrogen and oxygen atoms in total. The van der Waals surface area contributed by atoms with Crippen LogP contribution in [0.1, 0.15) is 43.2 Å². The lowest BCUT2D eigenvalue weighted by molar-refractivity contribution is 0.243. The highest BCUT2D eigenvalue weighted by Gasteiger charge is 2.34. The molecule has 1 aromatic rings. The molecule has 0 aromatic carbocycles. The fraction of sp³-hybridized carbons (Fsp3) is 0.727. The Kier molecular flexibility index (Phi) is 2.62. The van der Waals surface area contributed by atoms with E-state index < -0.39 is 0 Å². The van der Waals surface area contributed by atoms with E-state index in [0.717, 1.165) is 24.5 Å². The van der Waals surface area contributed by atoms with Crippen molar-refractivity contribution in [2.24, 2.45) is 11.7 Å². The Bertz CT molecular complexity index is 321. The maximum atomic E-state index is 6.45. The quantitative estimate of drug-likeness (QED) is 0.774. The molecule has 3 heteroatoms. The molecule has 0 bridgehead atoms.